The minimum Gasteiger partial charge on any atom is -0.493 e. The van der Waals surface area contributed by atoms with Gasteiger partial charge in [0, 0.05) is 6.61 Å². The van der Waals surface area contributed by atoms with Crippen molar-refractivity contribution in [1.29, 1.82) is 5.26 Å². The second kappa shape index (κ2) is 10.4. The number of benzene rings is 2. The van der Waals surface area contributed by atoms with Crippen molar-refractivity contribution in [2.45, 2.75) is 25.7 Å². The molecule has 29 heavy (non-hydrogen) atoms. The Balaban J connectivity index is 1.70. The van der Waals surface area contributed by atoms with E-state index in [1.165, 1.54) is 0 Å². The van der Waals surface area contributed by atoms with Crippen LogP contribution in [0.4, 0.5) is 0 Å². The summed E-state index contributed by atoms with van der Waals surface area (Å²) in [5.74, 6) is 2.63. The van der Waals surface area contributed by atoms with E-state index in [0.717, 1.165) is 36.8 Å². The van der Waals surface area contributed by atoms with Crippen molar-refractivity contribution in [2.24, 2.45) is 0 Å². The molecule has 3 rings (SSSR count). The molecule has 0 fully saturated rings. The summed E-state index contributed by atoms with van der Waals surface area (Å²) in [4.78, 5) is 0. The number of allylic oxidation sites excluding steroid dienone is 1. The maximum atomic E-state index is 9.61. The molecule has 1 N–H and O–H groups in total. The van der Waals surface area contributed by atoms with Gasteiger partial charge < -0.3 is 24.1 Å². The lowest BCUT2D eigenvalue weighted by Crippen LogP contribution is -2.00. The van der Waals surface area contributed by atoms with Gasteiger partial charge in [-0.2, -0.15) is 5.26 Å². The molecule has 2 aromatic carbocycles. The second-order valence-electron chi connectivity index (χ2n) is 6.63. The lowest BCUT2D eigenvalue weighted by Gasteiger charge is -2.11. The van der Waals surface area contributed by atoms with E-state index in [1.54, 1.807) is 19.3 Å². The Morgan fingerprint density at radius 2 is 1.90 bits per heavy atom. The van der Waals surface area contributed by atoms with E-state index in [0.29, 0.717) is 35.2 Å². The summed E-state index contributed by atoms with van der Waals surface area (Å²) in [7, 11) is 1.60. The van der Waals surface area contributed by atoms with Crippen LogP contribution in [0.5, 0.6) is 23.0 Å². The molecule has 0 amide bonds. The average molecular weight is 395 g/mol. The molecular formula is C23H25NO5. The number of fused-ring (bicyclic) bond motifs is 1. The maximum absolute atomic E-state index is 9.61. The molecule has 0 atom stereocenters. The van der Waals surface area contributed by atoms with E-state index >= 15 is 0 Å². The minimum atomic E-state index is 0.199. The van der Waals surface area contributed by atoms with Crippen molar-refractivity contribution in [2.75, 3.05) is 27.1 Å². The van der Waals surface area contributed by atoms with Crippen molar-refractivity contribution < 1.29 is 24.1 Å². The van der Waals surface area contributed by atoms with E-state index in [4.69, 9.17) is 24.1 Å². The van der Waals surface area contributed by atoms with Gasteiger partial charge in [-0.3, -0.25) is 0 Å². The Morgan fingerprint density at radius 3 is 2.69 bits per heavy atom. The molecule has 1 heterocycles. The molecule has 0 aromatic heterocycles. The van der Waals surface area contributed by atoms with Crippen LogP contribution >= 0.6 is 0 Å². The first-order valence-corrected chi connectivity index (χ1v) is 9.68. The number of unbranched alkanes of at least 4 members (excludes halogenated alkanes) is 3. The molecule has 2 aromatic rings. The van der Waals surface area contributed by atoms with Crippen LogP contribution < -0.4 is 18.9 Å². The summed E-state index contributed by atoms with van der Waals surface area (Å²) in [6.07, 6.45) is 5.57. The number of rotatable bonds is 10. The lowest BCUT2D eigenvalue weighted by atomic mass is 10.0. The average Bonchev–Trinajstić information content (AvgIpc) is 3.22. The van der Waals surface area contributed by atoms with Crippen molar-refractivity contribution in [3.8, 4) is 29.1 Å². The molecule has 1 aliphatic heterocycles. The molecule has 1 aliphatic rings. The quantitative estimate of drug-likeness (QED) is 0.364. The monoisotopic (exact) mass is 395 g/mol. The third-order valence-corrected chi connectivity index (χ3v) is 4.61. The standard InChI is InChI=1S/C23H25NO5/c1-26-22-13-17(6-8-20(22)27-11-5-3-2-4-10-25)12-19(15-24)18-7-9-21-23(14-18)29-16-28-21/h6-9,12-14,25H,2-5,10-11,16H2,1H3. The van der Waals surface area contributed by atoms with Gasteiger partial charge in [0.2, 0.25) is 6.79 Å². The van der Waals surface area contributed by atoms with Crippen LogP contribution in [-0.2, 0) is 0 Å². The van der Waals surface area contributed by atoms with Crippen LogP contribution in [0.1, 0.15) is 36.8 Å². The normalized spacial score (nSPS) is 12.5. The molecule has 0 saturated heterocycles. The van der Waals surface area contributed by atoms with Crippen molar-refractivity contribution in [3.05, 3.63) is 47.5 Å². The van der Waals surface area contributed by atoms with Gasteiger partial charge >= 0.3 is 0 Å². The number of aliphatic hydroxyl groups excluding tert-OH is 1. The molecule has 6 nitrogen and oxygen atoms in total. The SMILES string of the molecule is COc1cc(C=C(C#N)c2ccc3c(c2)OCO3)ccc1OCCCCCCO. The molecule has 152 valence electrons. The highest BCUT2D eigenvalue weighted by Crippen LogP contribution is 2.35. The number of aliphatic hydroxyl groups is 1. The topological polar surface area (TPSA) is 80.9 Å². The highest BCUT2D eigenvalue weighted by molar-refractivity contribution is 5.90. The zero-order valence-electron chi connectivity index (χ0n) is 16.5. The molecule has 0 spiro atoms. The zero-order valence-corrected chi connectivity index (χ0v) is 16.5. The number of hydrogen-bond donors (Lipinski definition) is 1. The number of ether oxygens (including phenoxy) is 4. The zero-order chi connectivity index (χ0) is 20.5. The fraction of sp³-hybridized carbons (Fsp3) is 0.348. The number of methoxy groups -OCH3 is 1. The van der Waals surface area contributed by atoms with Gasteiger partial charge in [0.25, 0.3) is 0 Å². The van der Waals surface area contributed by atoms with E-state index in [-0.39, 0.29) is 13.4 Å². The van der Waals surface area contributed by atoms with Gasteiger partial charge in [-0.25, -0.2) is 0 Å². The predicted molar refractivity (Wildman–Crippen MR) is 110 cm³/mol. The van der Waals surface area contributed by atoms with E-state index in [1.807, 2.05) is 30.3 Å². The highest BCUT2D eigenvalue weighted by atomic mass is 16.7. The summed E-state index contributed by atoms with van der Waals surface area (Å²) in [5, 5.41) is 18.4. The summed E-state index contributed by atoms with van der Waals surface area (Å²) >= 11 is 0. The predicted octanol–water partition coefficient (Wildman–Crippen LogP) is 4.42. The molecule has 0 unspecified atom stereocenters. The fourth-order valence-corrected chi connectivity index (χ4v) is 3.05. The third kappa shape index (κ3) is 5.43. The van der Waals surface area contributed by atoms with Crippen LogP contribution in [0.25, 0.3) is 11.6 Å². The Morgan fingerprint density at radius 1 is 1.07 bits per heavy atom. The molecular weight excluding hydrogens is 370 g/mol. The number of nitrogens with zero attached hydrogens (tertiary/aromatic N) is 1. The largest absolute Gasteiger partial charge is 0.493 e. The third-order valence-electron chi connectivity index (χ3n) is 4.61. The Kier molecular flexibility index (Phi) is 7.37. The smallest absolute Gasteiger partial charge is 0.231 e. The van der Waals surface area contributed by atoms with Crippen LogP contribution in [-0.4, -0.2) is 32.2 Å². The lowest BCUT2D eigenvalue weighted by molar-refractivity contribution is 0.174. The Labute approximate surface area is 170 Å². The maximum Gasteiger partial charge on any atom is 0.231 e. The van der Waals surface area contributed by atoms with Crippen LogP contribution in [0, 0.1) is 11.3 Å². The van der Waals surface area contributed by atoms with Crippen LogP contribution in [0.3, 0.4) is 0 Å². The fourth-order valence-electron chi connectivity index (χ4n) is 3.05. The summed E-state index contributed by atoms with van der Waals surface area (Å²) < 4.78 is 22.0. The van der Waals surface area contributed by atoms with E-state index < -0.39 is 0 Å². The van der Waals surface area contributed by atoms with Gasteiger partial charge in [-0.05, 0) is 66.8 Å². The Bertz CT molecular complexity index is 901. The second-order valence-corrected chi connectivity index (χ2v) is 6.63. The van der Waals surface area contributed by atoms with Crippen molar-refractivity contribution in [1.82, 2.24) is 0 Å². The minimum absolute atomic E-state index is 0.199. The van der Waals surface area contributed by atoms with Gasteiger partial charge in [0.1, 0.15) is 0 Å². The van der Waals surface area contributed by atoms with Crippen molar-refractivity contribution in [3.63, 3.8) is 0 Å². The molecule has 0 radical (unpaired) electrons. The molecule has 0 bridgehead atoms. The van der Waals surface area contributed by atoms with E-state index in [9.17, 15) is 5.26 Å². The summed E-state index contributed by atoms with van der Waals surface area (Å²) in [6.45, 7) is 1.03. The van der Waals surface area contributed by atoms with Crippen LogP contribution in [0.15, 0.2) is 36.4 Å². The first kappa shape index (κ1) is 20.6. The van der Waals surface area contributed by atoms with Gasteiger partial charge in [0.15, 0.2) is 23.0 Å². The van der Waals surface area contributed by atoms with Gasteiger partial charge in [0.05, 0.1) is 25.4 Å². The molecule has 0 aliphatic carbocycles. The van der Waals surface area contributed by atoms with E-state index in [2.05, 4.69) is 6.07 Å². The van der Waals surface area contributed by atoms with Gasteiger partial charge in [-0.1, -0.05) is 12.5 Å². The first-order valence-electron chi connectivity index (χ1n) is 9.68. The highest BCUT2D eigenvalue weighted by Gasteiger charge is 2.15. The number of hydrogen-bond acceptors (Lipinski definition) is 6. The summed E-state index contributed by atoms with van der Waals surface area (Å²) in [5.41, 5.74) is 2.12. The number of nitriles is 1. The molecule has 6 heteroatoms. The first-order chi connectivity index (χ1) is 14.2. The molecule has 0 saturated carbocycles. The summed E-state index contributed by atoms with van der Waals surface area (Å²) in [6, 6.07) is 13.3. The van der Waals surface area contributed by atoms with Crippen LogP contribution in [0.2, 0.25) is 0 Å². The van der Waals surface area contributed by atoms with Crippen molar-refractivity contribution >= 4 is 11.6 Å². The van der Waals surface area contributed by atoms with Gasteiger partial charge in [-0.15, -0.1) is 0 Å². The Hall–Kier alpha value is -3.17.